The monoisotopic (exact) mass is 164 g/mol. The minimum absolute atomic E-state index is 0.326. The maximum Gasteiger partial charge on any atom is 0.180 e. The average Bonchev–Trinajstić information content (AvgIpc) is 2.16. The summed E-state index contributed by atoms with van der Waals surface area (Å²) in [6, 6.07) is 3.89. The van der Waals surface area contributed by atoms with Crippen LogP contribution in [0.3, 0.4) is 0 Å². The molecule has 1 aromatic heterocycles. The number of nitrogens with zero attached hydrogens (tertiary/aromatic N) is 1. The van der Waals surface area contributed by atoms with Crippen LogP contribution in [0.25, 0.3) is 0 Å². The first-order chi connectivity index (χ1) is 5.83. The normalized spacial score (nSPS) is 9.42. The van der Waals surface area contributed by atoms with Crippen molar-refractivity contribution in [2.24, 2.45) is 0 Å². The highest BCUT2D eigenvalue weighted by Crippen LogP contribution is 2.01. The fourth-order valence-electron chi connectivity index (χ4n) is 0.909. The summed E-state index contributed by atoms with van der Waals surface area (Å²) in [4.78, 5) is 3.91. The molecule has 0 aliphatic heterocycles. The minimum Gasteiger partial charge on any atom is -0.484 e. The van der Waals surface area contributed by atoms with E-state index in [0.29, 0.717) is 12.3 Å². The number of ether oxygens (including phenoxy) is 1. The second-order valence-corrected chi connectivity index (χ2v) is 2.48. The van der Waals surface area contributed by atoms with Gasteiger partial charge in [-0.2, -0.15) is 0 Å². The van der Waals surface area contributed by atoms with Gasteiger partial charge in [-0.3, -0.25) is 10.4 Å². The molecule has 0 saturated carbocycles. The standard InChI is InChI=1S/C9H12N2O/c1-12-9(10)3-2-8-4-6-11-7-5-8/h4-7,10H,2-3H2,1H3. The molecule has 3 heteroatoms. The van der Waals surface area contributed by atoms with Gasteiger partial charge >= 0.3 is 0 Å². The summed E-state index contributed by atoms with van der Waals surface area (Å²) in [5.74, 6) is 0.326. The van der Waals surface area contributed by atoms with Crippen LogP contribution in [0.1, 0.15) is 12.0 Å². The Labute approximate surface area is 71.9 Å². The first-order valence-electron chi connectivity index (χ1n) is 3.83. The molecule has 0 unspecified atom stereocenters. The summed E-state index contributed by atoms with van der Waals surface area (Å²) in [7, 11) is 1.52. The van der Waals surface area contributed by atoms with E-state index in [0.717, 1.165) is 6.42 Å². The quantitative estimate of drug-likeness (QED) is 0.545. The van der Waals surface area contributed by atoms with Crippen LogP contribution in [-0.4, -0.2) is 18.0 Å². The molecule has 1 rings (SSSR count). The highest BCUT2D eigenvalue weighted by Gasteiger charge is 1.96. The number of aryl methyl sites for hydroxylation is 1. The molecular formula is C9H12N2O. The Morgan fingerprint density at radius 2 is 2.17 bits per heavy atom. The van der Waals surface area contributed by atoms with Crippen molar-refractivity contribution in [2.45, 2.75) is 12.8 Å². The molecule has 0 bridgehead atoms. The van der Waals surface area contributed by atoms with Crippen molar-refractivity contribution >= 4 is 5.90 Å². The van der Waals surface area contributed by atoms with Gasteiger partial charge in [0, 0.05) is 18.8 Å². The van der Waals surface area contributed by atoms with E-state index in [9.17, 15) is 0 Å². The van der Waals surface area contributed by atoms with Crippen molar-refractivity contribution in [1.82, 2.24) is 4.98 Å². The zero-order chi connectivity index (χ0) is 8.81. The lowest BCUT2D eigenvalue weighted by Crippen LogP contribution is -2.00. The zero-order valence-electron chi connectivity index (χ0n) is 7.08. The van der Waals surface area contributed by atoms with E-state index in [1.165, 1.54) is 12.7 Å². The third kappa shape index (κ3) is 2.70. The van der Waals surface area contributed by atoms with Gasteiger partial charge in [0.2, 0.25) is 0 Å². The summed E-state index contributed by atoms with van der Waals surface area (Å²) in [6.45, 7) is 0. The smallest absolute Gasteiger partial charge is 0.180 e. The molecule has 0 aromatic carbocycles. The Bertz CT molecular complexity index is 246. The molecule has 1 N–H and O–H groups in total. The number of methoxy groups -OCH3 is 1. The number of hydrogen-bond acceptors (Lipinski definition) is 3. The second-order valence-electron chi connectivity index (χ2n) is 2.48. The Balaban J connectivity index is 2.38. The van der Waals surface area contributed by atoms with Crippen molar-refractivity contribution in [3.05, 3.63) is 30.1 Å². The van der Waals surface area contributed by atoms with E-state index in [4.69, 9.17) is 10.1 Å². The van der Waals surface area contributed by atoms with Crippen molar-refractivity contribution in [1.29, 1.82) is 5.41 Å². The van der Waals surface area contributed by atoms with E-state index in [-0.39, 0.29) is 0 Å². The molecule has 64 valence electrons. The summed E-state index contributed by atoms with van der Waals surface area (Å²) in [6.07, 6.45) is 5.01. The molecule has 0 spiro atoms. The molecule has 12 heavy (non-hydrogen) atoms. The van der Waals surface area contributed by atoms with Gasteiger partial charge in [0.1, 0.15) is 0 Å². The molecule has 0 aliphatic rings. The lowest BCUT2D eigenvalue weighted by molar-refractivity contribution is 0.386. The number of nitrogens with one attached hydrogen (secondary N) is 1. The van der Waals surface area contributed by atoms with Gasteiger partial charge in [-0.05, 0) is 24.1 Å². The fraction of sp³-hybridized carbons (Fsp3) is 0.333. The first-order valence-corrected chi connectivity index (χ1v) is 3.83. The average molecular weight is 164 g/mol. The van der Waals surface area contributed by atoms with Crippen LogP contribution in [-0.2, 0) is 11.2 Å². The Kier molecular flexibility index (Phi) is 3.26. The molecule has 3 nitrogen and oxygen atoms in total. The van der Waals surface area contributed by atoms with E-state index in [1.54, 1.807) is 12.4 Å². The van der Waals surface area contributed by atoms with Crippen LogP contribution < -0.4 is 0 Å². The maximum atomic E-state index is 7.25. The molecule has 0 fully saturated rings. The van der Waals surface area contributed by atoms with Crippen LogP contribution >= 0.6 is 0 Å². The fourth-order valence-corrected chi connectivity index (χ4v) is 0.909. The van der Waals surface area contributed by atoms with Crippen LogP contribution in [0.2, 0.25) is 0 Å². The number of aromatic nitrogens is 1. The van der Waals surface area contributed by atoms with Crippen LogP contribution in [0.4, 0.5) is 0 Å². The van der Waals surface area contributed by atoms with E-state index in [1.807, 2.05) is 12.1 Å². The molecule has 1 heterocycles. The zero-order valence-corrected chi connectivity index (χ0v) is 7.08. The van der Waals surface area contributed by atoms with Gasteiger partial charge in [-0.1, -0.05) is 0 Å². The molecular weight excluding hydrogens is 152 g/mol. The number of rotatable bonds is 3. The van der Waals surface area contributed by atoms with E-state index >= 15 is 0 Å². The van der Waals surface area contributed by atoms with Gasteiger partial charge in [-0.15, -0.1) is 0 Å². The third-order valence-corrected chi connectivity index (χ3v) is 1.64. The predicted molar refractivity (Wildman–Crippen MR) is 47.3 cm³/mol. The summed E-state index contributed by atoms with van der Waals surface area (Å²) in [5, 5.41) is 7.25. The number of pyridine rings is 1. The maximum absolute atomic E-state index is 7.25. The summed E-state index contributed by atoms with van der Waals surface area (Å²) in [5.41, 5.74) is 1.19. The van der Waals surface area contributed by atoms with Gasteiger partial charge in [0.25, 0.3) is 0 Å². The molecule has 0 radical (unpaired) electrons. The molecule has 0 saturated heterocycles. The lowest BCUT2D eigenvalue weighted by Gasteiger charge is -2.01. The Morgan fingerprint density at radius 3 is 2.75 bits per heavy atom. The molecule has 0 atom stereocenters. The first kappa shape index (κ1) is 8.71. The van der Waals surface area contributed by atoms with Crippen molar-refractivity contribution in [3.63, 3.8) is 0 Å². The second kappa shape index (κ2) is 4.49. The Morgan fingerprint density at radius 1 is 1.50 bits per heavy atom. The van der Waals surface area contributed by atoms with E-state index < -0.39 is 0 Å². The summed E-state index contributed by atoms with van der Waals surface area (Å²) >= 11 is 0. The van der Waals surface area contributed by atoms with Gasteiger partial charge in [0.15, 0.2) is 5.90 Å². The number of hydrogen-bond donors (Lipinski definition) is 1. The third-order valence-electron chi connectivity index (χ3n) is 1.64. The lowest BCUT2D eigenvalue weighted by atomic mass is 10.1. The SMILES string of the molecule is COC(=N)CCc1ccncc1. The highest BCUT2D eigenvalue weighted by atomic mass is 16.5. The van der Waals surface area contributed by atoms with Crippen LogP contribution in [0.5, 0.6) is 0 Å². The highest BCUT2D eigenvalue weighted by molar-refractivity contribution is 5.72. The van der Waals surface area contributed by atoms with Crippen LogP contribution in [0.15, 0.2) is 24.5 Å². The Hall–Kier alpha value is -1.38. The van der Waals surface area contributed by atoms with Crippen molar-refractivity contribution in [2.75, 3.05) is 7.11 Å². The molecule has 0 amide bonds. The summed E-state index contributed by atoms with van der Waals surface area (Å²) < 4.78 is 4.74. The largest absolute Gasteiger partial charge is 0.484 e. The molecule has 1 aromatic rings. The van der Waals surface area contributed by atoms with Crippen molar-refractivity contribution < 1.29 is 4.74 Å². The minimum atomic E-state index is 0.326. The van der Waals surface area contributed by atoms with Gasteiger partial charge < -0.3 is 4.74 Å². The molecule has 0 aliphatic carbocycles. The van der Waals surface area contributed by atoms with Crippen molar-refractivity contribution in [3.8, 4) is 0 Å². The van der Waals surface area contributed by atoms with E-state index in [2.05, 4.69) is 4.98 Å². The van der Waals surface area contributed by atoms with Crippen LogP contribution in [0, 0.1) is 5.41 Å². The predicted octanol–water partition coefficient (Wildman–Crippen LogP) is 1.64. The topological polar surface area (TPSA) is 46.0 Å². The van der Waals surface area contributed by atoms with Gasteiger partial charge in [-0.25, -0.2) is 0 Å². The van der Waals surface area contributed by atoms with Gasteiger partial charge in [0.05, 0.1) is 7.11 Å².